The molecule has 2 aromatic carbocycles. The minimum Gasteiger partial charge on any atom is -0.258 e. The summed E-state index contributed by atoms with van der Waals surface area (Å²) in [5.41, 5.74) is 1.74. The van der Waals surface area contributed by atoms with Gasteiger partial charge in [-0.15, -0.1) is 0 Å². The van der Waals surface area contributed by atoms with Crippen LogP contribution < -0.4 is 0 Å². The fourth-order valence-electron chi connectivity index (χ4n) is 2.99. The van der Waals surface area contributed by atoms with E-state index in [0.29, 0.717) is 13.0 Å². The summed E-state index contributed by atoms with van der Waals surface area (Å²) < 4.78 is 27.6. The van der Waals surface area contributed by atoms with Gasteiger partial charge in [-0.25, -0.2) is 8.42 Å². The molecular formula is C17H17BrN2O4S. The normalized spacial score (nSPS) is 21.4. The average Bonchev–Trinajstić information content (AvgIpc) is 2.98. The molecule has 2 aromatic rings. The van der Waals surface area contributed by atoms with Crippen molar-refractivity contribution in [3.63, 3.8) is 0 Å². The molecule has 1 heterocycles. The van der Waals surface area contributed by atoms with Crippen molar-refractivity contribution in [2.75, 3.05) is 6.54 Å². The fourth-order valence-corrected chi connectivity index (χ4v) is 5.52. The van der Waals surface area contributed by atoms with E-state index in [1.807, 2.05) is 6.92 Å². The summed E-state index contributed by atoms with van der Waals surface area (Å²) in [7, 11) is -3.64. The molecule has 6 nitrogen and oxygen atoms in total. The molecule has 1 fully saturated rings. The van der Waals surface area contributed by atoms with Crippen molar-refractivity contribution in [1.82, 2.24) is 4.31 Å². The van der Waals surface area contributed by atoms with E-state index >= 15 is 0 Å². The van der Waals surface area contributed by atoms with Crippen molar-refractivity contribution in [2.45, 2.75) is 29.1 Å². The minimum absolute atomic E-state index is 0.00918. The SMILES string of the molecule is Cc1ccc(S(=O)(=O)N2CC(Br)CC2c2ccc([N+](=O)[O-])cc2)cc1. The molecule has 0 saturated carbocycles. The highest BCUT2D eigenvalue weighted by Crippen LogP contribution is 2.39. The van der Waals surface area contributed by atoms with Gasteiger partial charge in [-0.1, -0.05) is 45.8 Å². The highest BCUT2D eigenvalue weighted by atomic mass is 79.9. The Kier molecular flexibility index (Phi) is 4.95. The summed E-state index contributed by atoms with van der Waals surface area (Å²) in [6, 6.07) is 12.5. The number of halogens is 1. The molecule has 1 aliphatic rings. The predicted octanol–water partition coefficient (Wildman–Crippen LogP) is 3.80. The highest BCUT2D eigenvalue weighted by molar-refractivity contribution is 9.09. The third-order valence-corrected chi connectivity index (χ3v) is 6.87. The summed E-state index contributed by atoms with van der Waals surface area (Å²) in [4.78, 5) is 10.6. The summed E-state index contributed by atoms with van der Waals surface area (Å²) in [5, 5.41) is 10.8. The van der Waals surface area contributed by atoms with Crippen LogP contribution in [0.15, 0.2) is 53.4 Å². The van der Waals surface area contributed by atoms with Crippen LogP contribution in [0.25, 0.3) is 0 Å². The van der Waals surface area contributed by atoms with Gasteiger partial charge in [0.05, 0.1) is 15.9 Å². The largest absolute Gasteiger partial charge is 0.269 e. The Morgan fingerprint density at radius 3 is 2.28 bits per heavy atom. The Hall–Kier alpha value is -1.77. The third kappa shape index (κ3) is 3.61. The second kappa shape index (κ2) is 6.86. The number of hydrogen-bond acceptors (Lipinski definition) is 4. The van der Waals surface area contributed by atoms with Gasteiger partial charge in [-0.3, -0.25) is 10.1 Å². The molecular weight excluding hydrogens is 408 g/mol. The van der Waals surface area contributed by atoms with Crippen molar-refractivity contribution in [3.05, 3.63) is 69.8 Å². The first-order chi connectivity index (χ1) is 11.8. The first-order valence-electron chi connectivity index (χ1n) is 7.76. The molecule has 8 heteroatoms. The molecule has 1 aliphatic heterocycles. The summed E-state index contributed by atoms with van der Waals surface area (Å²) >= 11 is 3.52. The summed E-state index contributed by atoms with van der Waals surface area (Å²) in [6.45, 7) is 2.26. The predicted molar refractivity (Wildman–Crippen MR) is 98.2 cm³/mol. The van der Waals surface area contributed by atoms with Gasteiger partial charge in [0.2, 0.25) is 10.0 Å². The zero-order valence-corrected chi connectivity index (χ0v) is 15.9. The van der Waals surface area contributed by atoms with Crippen molar-refractivity contribution >= 4 is 31.6 Å². The van der Waals surface area contributed by atoms with Crippen LogP contribution in [0, 0.1) is 17.0 Å². The van der Waals surface area contributed by atoms with Gasteiger partial charge >= 0.3 is 0 Å². The molecule has 0 N–H and O–H groups in total. The smallest absolute Gasteiger partial charge is 0.258 e. The molecule has 2 atom stereocenters. The molecule has 25 heavy (non-hydrogen) atoms. The standard InChI is InChI=1S/C17H17BrN2O4S/c1-12-2-8-16(9-3-12)25(23,24)19-11-14(18)10-17(19)13-4-6-15(7-5-13)20(21)22/h2-9,14,17H,10-11H2,1H3. The minimum atomic E-state index is -3.64. The number of aryl methyl sites for hydroxylation is 1. The Morgan fingerprint density at radius 1 is 1.12 bits per heavy atom. The molecule has 0 aromatic heterocycles. The van der Waals surface area contributed by atoms with E-state index in [1.165, 1.54) is 16.4 Å². The topological polar surface area (TPSA) is 80.5 Å². The first kappa shape index (κ1) is 18.0. The van der Waals surface area contributed by atoms with E-state index in [9.17, 15) is 18.5 Å². The molecule has 0 aliphatic carbocycles. The van der Waals surface area contributed by atoms with Gasteiger partial charge in [0.15, 0.2) is 0 Å². The van der Waals surface area contributed by atoms with Crippen LogP contribution in [0.4, 0.5) is 5.69 Å². The quantitative estimate of drug-likeness (QED) is 0.424. The molecule has 132 valence electrons. The van der Waals surface area contributed by atoms with Crippen LogP contribution in [0.3, 0.4) is 0 Å². The Bertz CT molecular complexity index is 882. The van der Waals surface area contributed by atoms with E-state index < -0.39 is 14.9 Å². The van der Waals surface area contributed by atoms with Crippen molar-refractivity contribution < 1.29 is 13.3 Å². The zero-order chi connectivity index (χ0) is 18.2. The van der Waals surface area contributed by atoms with Crippen molar-refractivity contribution in [2.24, 2.45) is 0 Å². The molecule has 0 bridgehead atoms. The number of non-ortho nitro benzene ring substituents is 1. The van der Waals surface area contributed by atoms with Crippen LogP contribution in [-0.4, -0.2) is 29.0 Å². The lowest BCUT2D eigenvalue weighted by Gasteiger charge is -2.24. The van der Waals surface area contributed by atoms with E-state index in [-0.39, 0.29) is 21.5 Å². The van der Waals surface area contributed by atoms with Crippen LogP contribution >= 0.6 is 15.9 Å². The third-order valence-electron chi connectivity index (χ3n) is 4.32. The maximum atomic E-state index is 13.0. The summed E-state index contributed by atoms with van der Waals surface area (Å²) in [6.07, 6.45) is 0.614. The number of alkyl halides is 1. The van der Waals surface area contributed by atoms with Crippen molar-refractivity contribution in [3.8, 4) is 0 Å². The molecule has 0 spiro atoms. The van der Waals surface area contributed by atoms with Gasteiger partial charge < -0.3 is 0 Å². The first-order valence-corrected chi connectivity index (χ1v) is 10.1. The number of nitrogens with zero attached hydrogens (tertiary/aromatic N) is 2. The van der Waals surface area contributed by atoms with Gasteiger partial charge in [0.1, 0.15) is 0 Å². The van der Waals surface area contributed by atoms with Gasteiger partial charge in [0.25, 0.3) is 5.69 Å². The number of sulfonamides is 1. The number of rotatable bonds is 4. The lowest BCUT2D eigenvalue weighted by Crippen LogP contribution is -2.31. The van der Waals surface area contributed by atoms with Gasteiger partial charge in [0, 0.05) is 23.5 Å². The molecule has 0 amide bonds. The molecule has 0 radical (unpaired) electrons. The second-order valence-electron chi connectivity index (χ2n) is 6.09. The lowest BCUT2D eigenvalue weighted by atomic mass is 10.1. The van der Waals surface area contributed by atoms with E-state index in [4.69, 9.17) is 0 Å². The van der Waals surface area contributed by atoms with Crippen LogP contribution in [0.1, 0.15) is 23.6 Å². The molecule has 2 unspecified atom stereocenters. The van der Waals surface area contributed by atoms with E-state index in [0.717, 1.165) is 11.1 Å². The van der Waals surface area contributed by atoms with Crippen LogP contribution in [0.5, 0.6) is 0 Å². The maximum Gasteiger partial charge on any atom is 0.269 e. The summed E-state index contributed by atoms with van der Waals surface area (Å²) in [5.74, 6) is 0. The highest BCUT2D eigenvalue weighted by Gasteiger charge is 2.40. The number of nitro groups is 1. The number of hydrogen-bond donors (Lipinski definition) is 0. The fraction of sp³-hybridized carbons (Fsp3) is 0.294. The Morgan fingerprint density at radius 2 is 1.72 bits per heavy atom. The molecule has 3 rings (SSSR count). The van der Waals surface area contributed by atoms with Crippen LogP contribution in [0.2, 0.25) is 0 Å². The second-order valence-corrected chi connectivity index (χ2v) is 9.27. The Labute approximate surface area is 154 Å². The maximum absolute atomic E-state index is 13.0. The number of nitro benzene ring substituents is 1. The average molecular weight is 425 g/mol. The Balaban J connectivity index is 1.96. The zero-order valence-electron chi connectivity index (χ0n) is 13.5. The molecule has 1 saturated heterocycles. The van der Waals surface area contributed by atoms with Gasteiger partial charge in [-0.05, 0) is 31.0 Å². The van der Waals surface area contributed by atoms with E-state index in [1.54, 1.807) is 36.4 Å². The monoisotopic (exact) mass is 424 g/mol. The lowest BCUT2D eigenvalue weighted by molar-refractivity contribution is -0.384. The van der Waals surface area contributed by atoms with E-state index in [2.05, 4.69) is 15.9 Å². The van der Waals surface area contributed by atoms with Crippen LogP contribution in [-0.2, 0) is 10.0 Å². The van der Waals surface area contributed by atoms with Gasteiger partial charge in [-0.2, -0.15) is 4.31 Å². The van der Waals surface area contributed by atoms with Crippen molar-refractivity contribution in [1.29, 1.82) is 0 Å². The number of benzene rings is 2.